The molecule has 1 aliphatic heterocycles. The Hall–Kier alpha value is -0.285. The Morgan fingerprint density at radius 1 is 1.57 bits per heavy atom. The van der Waals surface area contributed by atoms with Crippen LogP contribution in [0.3, 0.4) is 0 Å². The molecule has 0 aromatic rings. The summed E-state index contributed by atoms with van der Waals surface area (Å²) in [7, 11) is 1.61. The van der Waals surface area contributed by atoms with Crippen LogP contribution in [0.4, 0.5) is 0 Å². The monoisotopic (exact) mass is 212 g/mol. The molecule has 1 heterocycles. The molecule has 1 saturated heterocycles. The second kappa shape index (κ2) is 6.25. The molecule has 0 aromatic heterocycles. The Bertz CT molecular complexity index is 205. The Kier molecular flexibility index (Phi) is 5.26. The smallest absolute Gasteiger partial charge is 0.293 e. The van der Waals surface area contributed by atoms with Gasteiger partial charge in [0.25, 0.3) is 7.41 Å². The summed E-state index contributed by atoms with van der Waals surface area (Å²) >= 11 is 1.42. The molecule has 0 unspecified atom stereocenters. The van der Waals surface area contributed by atoms with E-state index in [9.17, 15) is 9.59 Å². The highest BCUT2D eigenvalue weighted by atomic mass is 32.2. The molecule has 0 amide bonds. The van der Waals surface area contributed by atoms with Crippen LogP contribution in [0.1, 0.15) is 19.8 Å². The van der Waals surface area contributed by atoms with E-state index in [0.717, 1.165) is 37.9 Å². The minimum absolute atomic E-state index is 0.201. The highest BCUT2D eigenvalue weighted by molar-refractivity contribution is 8.13. The van der Waals surface area contributed by atoms with Crippen molar-refractivity contribution in [1.29, 1.82) is 0 Å². The highest BCUT2D eigenvalue weighted by Crippen LogP contribution is 2.21. The quantitative estimate of drug-likeness (QED) is 0.510. The van der Waals surface area contributed by atoms with Crippen molar-refractivity contribution in [3.8, 4) is 0 Å². The summed E-state index contributed by atoms with van der Waals surface area (Å²) in [6.07, 6.45) is 3.01. The number of hydrogen-bond donors (Lipinski definition) is 0. The third-order valence-corrected chi connectivity index (χ3v) is 3.49. The van der Waals surface area contributed by atoms with E-state index in [2.05, 4.69) is 0 Å². The van der Waals surface area contributed by atoms with E-state index in [4.69, 9.17) is 0 Å². The van der Waals surface area contributed by atoms with Crippen LogP contribution in [0, 0.1) is 5.92 Å². The zero-order valence-corrected chi connectivity index (χ0v) is 9.26. The molecule has 3 nitrogen and oxygen atoms in total. The maximum absolute atomic E-state index is 10.8. The van der Waals surface area contributed by atoms with E-state index in [0.29, 0.717) is 5.92 Å². The SMILES string of the molecule is CC(=O)SCC1CCN([B]C=O)CC1. The maximum atomic E-state index is 10.8. The van der Waals surface area contributed by atoms with Gasteiger partial charge in [0.2, 0.25) is 0 Å². The van der Waals surface area contributed by atoms with Crippen LogP contribution in [0.25, 0.3) is 0 Å². The maximum Gasteiger partial charge on any atom is 0.293 e. The van der Waals surface area contributed by atoms with Crippen molar-refractivity contribution < 1.29 is 9.59 Å². The number of piperidine rings is 1. The minimum Gasteiger partial charge on any atom is -0.340 e. The van der Waals surface area contributed by atoms with Crippen molar-refractivity contribution in [2.24, 2.45) is 5.92 Å². The van der Waals surface area contributed by atoms with Crippen molar-refractivity contribution in [2.45, 2.75) is 19.8 Å². The third kappa shape index (κ3) is 4.29. The molecule has 1 radical (unpaired) electrons. The van der Waals surface area contributed by atoms with Crippen molar-refractivity contribution in [3.05, 3.63) is 0 Å². The zero-order chi connectivity index (χ0) is 10.4. The Balaban J connectivity index is 2.15. The molecule has 0 aliphatic carbocycles. The number of hydrogen-bond acceptors (Lipinski definition) is 4. The average molecular weight is 212 g/mol. The van der Waals surface area contributed by atoms with Gasteiger partial charge in [-0.2, -0.15) is 0 Å². The number of rotatable bonds is 4. The molecule has 0 saturated carbocycles. The lowest BCUT2D eigenvalue weighted by atomic mass is 9.88. The minimum atomic E-state index is 0.201. The second-order valence-corrected chi connectivity index (χ2v) is 4.76. The Labute approximate surface area is 89.9 Å². The topological polar surface area (TPSA) is 37.4 Å². The highest BCUT2D eigenvalue weighted by Gasteiger charge is 2.19. The van der Waals surface area contributed by atoms with Crippen LogP contribution in [0.5, 0.6) is 0 Å². The molecule has 5 heteroatoms. The zero-order valence-electron chi connectivity index (χ0n) is 8.44. The number of thioether (sulfide) groups is 1. The number of carbonyl (C=O) groups is 2. The lowest BCUT2D eigenvalue weighted by Gasteiger charge is -2.30. The first-order valence-electron chi connectivity index (χ1n) is 4.88. The lowest BCUT2D eigenvalue weighted by molar-refractivity contribution is -0.109. The molecule has 1 rings (SSSR count). The molecule has 0 bridgehead atoms. The van der Waals surface area contributed by atoms with Gasteiger partial charge in [-0.3, -0.25) is 4.79 Å². The van der Waals surface area contributed by atoms with Crippen LogP contribution < -0.4 is 0 Å². The molecule has 0 aromatic carbocycles. The summed E-state index contributed by atoms with van der Waals surface area (Å²) in [6.45, 7) is 3.50. The molecule has 14 heavy (non-hydrogen) atoms. The molecule has 1 fully saturated rings. The van der Waals surface area contributed by atoms with E-state index < -0.39 is 0 Å². The van der Waals surface area contributed by atoms with Gasteiger partial charge in [0.1, 0.15) is 0 Å². The van der Waals surface area contributed by atoms with E-state index >= 15 is 0 Å². The first kappa shape index (κ1) is 11.8. The summed E-state index contributed by atoms with van der Waals surface area (Å²) in [5.74, 6) is 1.57. The molecular weight excluding hydrogens is 197 g/mol. The largest absolute Gasteiger partial charge is 0.340 e. The second-order valence-electron chi connectivity index (χ2n) is 3.57. The molecule has 77 valence electrons. The molecular formula is C9H15BNO2S. The average Bonchev–Trinajstić information content (AvgIpc) is 2.17. The molecule has 0 spiro atoms. The van der Waals surface area contributed by atoms with Gasteiger partial charge in [-0.1, -0.05) is 11.8 Å². The Morgan fingerprint density at radius 2 is 2.21 bits per heavy atom. The standard InChI is InChI=1S/C9H15BNO2S/c1-8(13)14-6-9-2-4-11(5-3-9)10-7-12/h7,9H,2-6H2,1H3. The van der Waals surface area contributed by atoms with Crippen molar-refractivity contribution in [2.75, 3.05) is 18.8 Å². The fourth-order valence-electron chi connectivity index (χ4n) is 1.59. The van der Waals surface area contributed by atoms with Gasteiger partial charge < -0.3 is 9.61 Å². The fourth-order valence-corrected chi connectivity index (χ4v) is 2.39. The van der Waals surface area contributed by atoms with Crippen LogP contribution in [0.2, 0.25) is 0 Å². The van der Waals surface area contributed by atoms with Gasteiger partial charge in [-0.05, 0) is 31.8 Å². The van der Waals surface area contributed by atoms with Crippen LogP contribution in [-0.2, 0) is 9.59 Å². The first-order valence-corrected chi connectivity index (χ1v) is 5.87. The normalized spacial score (nSPS) is 19.2. The number of carbonyl (C=O) groups excluding carboxylic acids is 2. The number of nitrogens with zero attached hydrogens (tertiary/aromatic N) is 1. The van der Waals surface area contributed by atoms with Gasteiger partial charge >= 0.3 is 0 Å². The van der Waals surface area contributed by atoms with Gasteiger partial charge in [-0.15, -0.1) is 0 Å². The summed E-state index contributed by atoms with van der Waals surface area (Å²) in [5, 5.41) is 0.201. The summed E-state index contributed by atoms with van der Waals surface area (Å²) in [6, 6.07) is 0. The predicted octanol–water partition coefficient (Wildman–Crippen LogP) is 0.787. The summed E-state index contributed by atoms with van der Waals surface area (Å²) in [4.78, 5) is 23.0. The Morgan fingerprint density at radius 3 is 2.71 bits per heavy atom. The van der Waals surface area contributed by atoms with Crippen LogP contribution >= 0.6 is 11.8 Å². The van der Waals surface area contributed by atoms with Gasteiger partial charge in [0.05, 0.1) is 6.19 Å². The van der Waals surface area contributed by atoms with E-state index in [1.54, 1.807) is 14.3 Å². The summed E-state index contributed by atoms with van der Waals surface area (Å²) in [5.41, 5.74) is 0. The lowest BCUT2D eigenvalue weighted by Crippen LogP contribution is -2.37. The first-order chi connectivity index (χ1) is 6.72. The van der Waals surface area contributed by atoms with E-state index in [-0.39, 0.29) is 5.12 Å². The molecule has 0 atom stereocenters. The predicted molar refractivity (Wildman–Crippen MR) is 59.9 cm³/mol. The third-order valence-electron chi connectivity index (χ3n) is 2.44. The van der Waals surface area contributed by atoms with Gasteiger partial charge in [0.15, 0.2) is 5.12 Å². The van der Waals surface area contributed by atoms with E-state index in [1.165, 1.54) is 11.8 Å². The summed E-state index contributed by atoms with van der Waals surface area (Å²) < 4.78 is 0. The van der Waals surface area contributed by atoms with Crippen molar-refractivity contribution >= 4 is 30.5 Å². The van der Waals surface area contributed by atoms with Gasteiger partial charge in [-0.25, -0.2) is 0 Å². The van der Waals surface area contributed by atoms with Crippen LogP contribution in [0.15, 0.2) is 0 Å². The van der Waals surface area contributed by atoms with Crippen molar-refractivity contribution in [3.63, 3.8) is 0 Å². The molecule has 1 aliphatic rings. The van der Waals surface area contributed by atoms with Gasteiger partial charge in [0, 0.05) is 12.7 Å². The van der Waals surface area contributed by atoms with E-state index in [1.807, 2.05) is 4.81 Å². The molecule has 0 N–H and O–H groups in total. The van der Waals surface area contributed by atoms with Crippen molar-refractivity contribution in [1.82, 2.24) is 4.81 Å². The van der Waals surface area contributed by atoms with Crippen LogP contribution in [-0.4, -0.2) is 42.4 Å². The fraction of sp³-hybridized carbons (Fsp3) is 0.778.